The van der Waals surface area contributed by atoms with E-state index in [1.54, 1.807) is 26.3 Å². The van der Waals surface area contributed by atoms with Crippen molar-refractivity contribution in [3.8, 4) is 39.4 Å². The van der Waals surface area contributed by atoms with Crippen molar-refractivity contribution in [3.63, 3.8) is 0 Å². The summed E-state index contributed by atoms with van der Waals surface area (Å²) in [6.45, 7) is 3.68. The average Bonchev–Trinajstić information content (AvgIpc) is 3.49. The molecule has 0 aliphatic carbocycles. The van der Waals surface area contributed by atoms with Gasteiger partial charge in [-0.25, -0.2) is 9.97 Å². The van der Waals surface area contributed by atoms with Crippen LogP contribution in [0.15, 0.2) is 77.7 Å². The number of nitrogens with zero attached hydrogens (tertiary/aromatic N) is 3. The number of ether oxygens (including phenoxy) is 1. The van der Waals surface area contributed by atoms with Gasteiger partial charge in [-0.1, -0.05) is 65.7 Å². The smallest absolute Gasteiger partial charge is 0.258 e. The van der Waals surface area contributed by atoms with Gasteiger partial charge in [-0.05, 0) is 31.5 Å². The van der Waals surface area contributed by atoms with Crippen LogP contribution >= 0.6 is 23.2 Å². The summed E-state index contributed by atoms with van der Waals surface area (Å²) in [5.74, 6) is 0.579. The Hall–Kier alpha value is -4.32. The molecule has 1 fully saturated rings. The van der Waals surface area contributed by atoms with E-state index in [0.717, 1.165) is 39.8 Å². The molecule has 1 aliphatic rings. The number of aliphatic hydroxyl groups excluding tert-OH is 1. The maximum atomic E-state index is 13.0. The number of methoxy groups -OCH3 is 1. The van der Waals surface area contributed by atoms with Crippen LogP contribution in [0.1, 0.15) is 31.0 Å². The van der Waals surface area contributed by atoms with E-state index in [2.05, 4.69) is 20.9 Å². The zero-order valence-electron chi connectivity index (χ0n) is 26.6. The maximum absolute atomic E-state index is 13.0. The summed E-state index contributed by atoms with van der Waals surface area (Å²) >= 11 is 14.1. The van der Waals surface area contributed by atoms with Crippen molar-refractivity contribution in [3.05, 3.63) is 105 Å². The molecule has 1 saturated heterocycles. The quantitative estimate of drug-likeness (QED) is 0.140. The number of pyridine rings is 2. The van der Waals surface area contributed by atoms with Gasteiger partial charge in [0.2, 0.25) is 11.8 Å². The van der Waals surface area contributed by atoms with Gasteiger partial charge in [0.15, 0.2) is 0 Å². The van der Waals surface area contributed by atoms with Crippen molar-refractivity contribution in [1.29, 1.82) is 0 Å². The third-order valence-electron chi connectivity index (χ3n) is 8.26. The second kappa shape index (κ2) is 14.8. The fraction of sp³-hybridized carbons (Fsp3) is 0.278. The van der Waals surface area contributed by atoms with Gasteiger partial charge in [-0.3, -0.25) is 14.0 Å². The van der Waals surface area contributed by atoms with Crippen molar-refractivity contribution in [1.82, 2.24) is 30.3 Å². The van der Waals surface area contributed by atoms with Crippen molar-refractivity contribution < 1.29 is 14.6 Å². The van der Waals surface area contributed by atoms with Gasteiger partial charge < -0.3 is 25.8 Å². The number of fused-ring (bicyclic) bond motifs is 1. The molecule has 5 aromatic rings. The van der Waals surface area contributed by atoms with Gasteiger partial charge in [0, 0.05) is 84.3 Å². The van der Waals surface area contributed by atoms with E-state index < -0.39 is 6.10 Å². The molecule has 6 rings (SSSR count). The van der Waals surface area contributed by atoms with Crippen LogP contribution in [0.2, 0.25) is 10.0 Å². The number of nitrogens with one attached hydrogen (secondary N) is 3. The zero-order valence-corrected chi connectivity index (χ0v) is 28.1. The second-order valence-electron chi connectivity index (χ2n) is 11.8. The van der Waals surface area contributed by atoms with E-state index in [4.69, 9.17) is 32.9 Å². The summed E-state index contributed by atoms with van der Waals surface area (Å²) in [7, 11) is 1.59. The molecule has 48 heavy (non-hydrogen) atoms. The molecule has 4 N–H and O–H groups in total. The number of carbonyl (C=O) groups excluding carboxylic acids is 1. The lowest BCUT2D eigenvalue weighted by Crippen LogP contribution is -2.35. The SMILES string of the molecule is COc1nc(-c2cccc(-c3cccc(-c4ccc5nc(CNC[C@@H](C)O)cc(=O)n5c4)c3Cl)c2Cl)ccc1CNC[C@@H]1CCC(=O)N1. The molecule has 1 amide bonds. The highest BCUT2D eigenvalue weighted by molar-refractivity contribution is 6.39. The summed E-state index contributed by atoms with van der Waals surface area (Å²) in [6, 6.07) is 20.6. The molecule has 0 unspecified atom stereocenters. The molecular weight excluding hydrogens is 651 g/mol. The lowest BCUT2D eigenvalue weighted by atomic mass is 9.97. The van der Waals surface area contributed by atoms with Gasteiger partial charge in [0.1, 0.15) is 5.65 Å². The van der Waals surface area contributed by atoms with Gasteiger partial charge in [-0.2, -0.15) is 0 Å². The number of hydrogen-bond donors (Lipinski definition) is 4. The van der Waals surface area contributed by atoms with E-state index in [1.807, 2.05) is 54.6 Å². The first-order valence-corrected chi connectivity index (χ1v) is 16.5. The number of aromatic nitrogens is 3. The van der Waals surface area contributed by atoms with Crippen LogP contribution < -0.4 is 26.2 Å². The molecule has 0 spiro atoms. The van der Waals surface area contributed by atoms with Crippen molar-refractivity contribution >= 4 is 34.8 Å². The van der Waals surface area contributed by atoms with Crippen molar-refractivity contribution in [2.24, 2.45) is 0 Å². The molecule has 0 saturated carbocycles. The number of hydrogen-bond acceptors (Lipinski definition) is 8. The van der Waals surface area contributed by atoms with Gasteiger partial charge >= 0.3 is 0 Å². The minimum Gasteiger partial charge on any atom is -0.481 e. The van der Waals surface area contributed by atoms with Crippen molar-refractivity contribution in [2.75, 3.05) is 20.2 Å². The summed E-state index contributed by atoms with van der Waals surface area (Å²) in [6.07, 6.45) is 2.63. The van der Waals surface area contributed by atoms with E-state index in [0.29, 0.717) is 65.6 Å². The number of amides is 1. The number of aliphatic hydroxyl groups is 1. The Bertz CT molecular complexity index is 2030. The van der Waals surface area contributed by atoms with Crippen LogP contribution in [0.3, 0.4) is 0 Å². The number of rotatable bonds is 12. The third-order valence-corrected chi connectivity index (χ3v) is 9.07. The van der Waals surface area contributed by atoms with Gasteiger partial charge in [-0.15, -0.1) is 0 Å². The Balaban J connectivity index is 1.26. The molecule has 1 aliphatic heterocycles. The summed E-state index contributed by atoms with van der Waals surface area (Å²) in [5, 5.41) is 19.9. The van der Waals surface area contributed by atoms with E-state index in [9.17, 15) is 14.7 Å². The first kappa shape index (κ1) is 33.6. The van der Waals surface area contributed by atoms with Crippen LogP contribution in [0, 0.1) is 0 Å². The van der Waals surface area contributed by atoms with E-state index in [-0.39, 0.29) is 17.5 Å². The van der Waals surface area contributed by atoms with Crippen LogP contribution in [-0.2, 0) is 17.9 Å². The fourth-order valence-electron chi connectivity index (χ4n) is 5.85. The molecule has 4 heterocycles. The lowest BCUT2D eigenvalue weighted by Gasteiger charge is -2.16. The molecule has 3 aromatic heterocycles. The predicted octanol–water partition coefficient (Wildman–Crippen LogP) is 5.24. The predicted molar refractivity (Wildman–Crippen MR) is 188 cm³/mol. The summed E-state index contributed by atoms with van der Waals surface area (Å²) in [4.78, 5) is 33.9. The minimum absolute atomic E-state index is 0.0917. The zero-order chi connectivity index (χ0) is 33.8. The molecule has 12 heteroatoms. The first-order chi connectivity index (χ1) is 23.2. The summed E-state index contributed by atoms with van der Waals surface area (Å²) < 4.78 is 7.13. The van der Waals surface area contributed by atoms with E-state index in [1.165, 1.54) is 10.5 Å². The van der Waals surface area contributed by atoms with Crippen LogP contribution in [0.4, 0.5) is 0 Å². The molecule has 10 nitrogen and oxygen atoms in total. The lowest BCUT2D eigenvalue weighted by molar-refractivity contribution is -0.119. The standard InChI is InChI=1S/C36H36Cl2N6O4/c1-21(45)16-39-19-25-15-33(47)44-20-23(10-13-31(44)41-25)26-5-3-6-27(34(26)37)28-7-4-8-29(35(28)38)30-12-9-22(36(43-30)48-2)17-40-18-24-11-14-32(46)42-24/h3-10,12-13,15,20-21,24,39-40,45H,11,14,16-19H2,1-2H3,(H,42,46)/t21-,24+/m1/s1. The second-order valence-corrected chi connectivity index (χ2v) is 12.6. The Morgan fingerprint density at radius 3 is 2.40 bits per heavy atom. The largest absolute Gasteiger partial charge is 0.481 e. The molecular formula is C36H36Cl2N6O4. The average molecular weight is 688 g/mol. The van der Waals surface area contributed by atoms with Gasteiger partial charge in [0.25, 0.3) is 5.56 Å². The van der Waals surface area contributed by atoms with Crippen molar-refractivity contribution in [2.45, 2.75) is 45.0 Å². The number of halogens is 2. The molecule has 0 radical (unpaired) electrons. The highest BCUT2D eigenvalue weighted by atomic mass is 35.5. The molecule has 2 aromatic carbocycles. The number of benzene rings is 2. The van der Waals surface area contributed by atoms with Gasteiger partial charge in [0.05, 0.1) is 34.6 Å². The minimum atomic E-state index is -0.494. The number of carbonyl (C=O) groups is 1. The maximum Gasteiger partial charge on any atom is 0.258 e. The summed E-state index contributed by atoms with van der Waals surface area (Å²) in [5.41, 5.74) is 6.11. The van der Waals surface area contributed by atoms with Crippen LogP contribution in [-0.4, -0.2) is 57.7 Å². The Kier molecular flexibility index (Phi) is 10.4. The first-order valence-electron chi connectivity index (χ1n) is 15.7. The fourth-order valence-corrected chi connectivity index (χ4v) is 6.52. The topological polar surface area (TPSA) is 130 Å². The molecule has 0 bridgehead atoms. The molecule has 2 atom stereocenters. The molecule has 248 valence electrons. The van der Waals surface area contributed by atoms with E-state index >= 15 is 0 Å². The normalized spacial score (nSPS) is 15.1. The highest BCUT2D eigenvalue weighted by Crippen LogP contribution is 2.42. The third kappa shape index (κ3) is 7.38. The Morgan fingerprint density at radius 1 is 0.958 bits per heavy atom. The Morgan fingerprint density at radius 2 is 1.69 bits per heavy atom. The monoisotopic (exact) mass is 686 g/mol. The van der Waals surface area contributed by atoms with Crippen LogP contribution in [0.25, 0.3) is 39.2 Å². The Labute approximate surface area is 288 Å². The highest BCUT2D eigenvalue weighted by Gasteiger charge is 2.21. The van der Waals surface area contributed by atoms with Crippen LogP contribution in [0.5, 0.6) is 5.88 Å².